The summed E-state index contributed by atoms with van der Waals surface area (Å²) in [6, 6.07) is 21.0. The minimum absolute atomic E-state index is 0.0335. The molecule has 1 atom stereocenters. The van der Waals surface area contributed by atoms with Crippen LogP contribution in [0.5, 0.6) is 0 Å². The molecule has 3 aromatic carbocycles. The molecule has 0 aliphatic heterocycles. The fourth-order valence-electron chi connectivity index (χ4n) is 2.82. The van der Waals surface area contributed by atoms with Gasteiger partial charge in [0.15, 0.2) is 0 Å². The minimum atomic E-state index is -3.96. The Morgan fingerprint density at radius 3 is 2.20 bits per heavy atom. The normalized spacial score (nSPS) is 12.1. The molecule has 2 N–H and O–H groups in total. The number of anilines is 1. The highest BCUT2D eigenvalue weighted by Crippen LogP contribution is 2.18. The van der Waals surface area contributed by atoms with Crippen molar-refractivity contribution in [1.82, 2.24) is 4.72 Å². The molecule has 154 valence electrons. The summed E-state index contributed by atoms with van der Waals surface area (Å²) >= 11 is 0. The lowest BCUT2D eigenvalue weighted by molar-refractivity contribution is -0.384. The lowest BCUT2D eigenvalue weighted by atomic mass is 10.1. The predicted octanol–water partition coefficient (Wildman–Crippen LogP) is 3.12. The lowest BCUT2D eigenvalue weighted by Crippen LogP contribution is -2.45. The molecule has 0 heterocycles. The third-order valence-corrected chi connectivity index (χ3v) is 5.76. The number of rotatable bonds is 8. The summed E-state index contributed by atoms with van der Waals surface area (Å²) in [7, 11) is -3.96. The molecule has 8 nitrogen and oxygen atoms in total. The highest BCUT2D eigenvalue weighted by atomic mass is 32.2. The van der Waals surface area contributed by atoms with E-state index in [0.717, 1.165) is 5.56 Å². The van der Waals surface area contributed by atoms with Crippen LogP contribution in [-0.4, -0.2) is 25.3 Å². The number of amides is 1. The second-order valence-corrected chi connectivity index (χ2v) is 8.19. The topological polar surface area (TPSA) is 118 Å². The molecule has 0 fully saturated rings. The summed E-state index contributed by atoms with van der Waals surface area (Å²) in [6.45, 7) is 0. The van der Waals surface area contributed by atoms with Crippen molar-refractivity contribution < 1.29 is 18.1 Å². The molecule has 0 bridgehead atoms. The highest BCUT2D eigenvalue weighted by Gasteiger charge is 2.26. The van der Waals surface area contributed by atoms with Gasteiger partial charge in [0, 0.05) is 17.8 Å². The standard InChI is InChI=1S/C21H19N3O5S/c25-21(22-17-10-7-11-18(15-17)24(26)27)20(14-16-8-3-1-4-9-16)23-30(28,29)19-12-5-2-6-13-19/h1-13,15,20,23H,14H2,(H,22,25)/t20-/m1/s1. The Kier molecular flexibility index (Phi) is 6.55. The number of hydrogen-bond acceptors (Lipinski definition) is 5. The third kappa shape index (κ3) is 5.49. The number of non-ortho nitro benzene ring substituents is 1. The highest BCUT2D eigenvalue weighted by molar-refractivity contribution is 7.89. The summed E-state index contributed by atoms with van der Waals surface area (Å²) in [5, 5.41) is 13.5. The molecule has 0 unspecified atom stereocenters. The van der Waals surface area contributed by atoms with Gasteiger partial charge < -0.3 is 5.32 Å². The van der Waals surface area contributed by atoms with Crippen molar-refractivity contribution in [1.29, 1.82) is 0 Å². The van der Waals surface area contributed by atoms with E-state index in [0.29, 0.717) is 0 Å². The van der Waals surface area contributed by atoms with E-state index in [9.17, 15) is 23.3 Å². The fraction of sp³-hybridized carbons (Fsp3) is 0.0952. The van der Waals surface area contributed by atoms with Crippen molar-refractivity contribution in [3.8, 4) is 0 Å². The zero-order valence-electron chi connectivity index (χ0n) is 15.8. The number of nitro groups is 1. The van der Waals surface area contributed by atoms with Gasteiger partial charge in [0.05, 0.1) is 9.82 Å². The maximum atomic E-state index is 12.9. The number of nitro benzene ring substituents is 1. The molecule has 9 heteroatoms. The quantitative estimate of drug-likeness (QED) is 0.425. The molecule has 3 aromatic rings. The maximum absolute atomic E-state index is 12.9. The number of nitrogens with one attached hydrogen (secondary N) is 2. The van der Waals surface area contributed by atoms with Crippen molar-refractivity contribution >= 4 is 27.3 Å². The van der Waals surface area contributed by atoms with Crippen molar-refractivity contribution in [3.05, 3.63) is 101 Å². The van der Waals surface area contributed by atoms with E-state index in [1.54, 1.807) is 42.5 Å². The Bertz CT molecular complexity index is 1140. The zero-order chi connectivity index (χ0) is 21.6. The van der Waals surface area contributed by atoms with Gasteiger partial charge in [0.1, 0.15) is 6.04 Å². The molecule has 1 amide bonds. The number of hydrogen-bond donors (Lipinski definition) is 2. The Labute approximate surface area is 173 Å². The minimum Gasteiger partial charge on any atom is -0.324 e. The summed E-state index contributed by atoms with van der Waals surface area (Å²) in [5.41, 5.74) is 0.774. The van der Waals surface area contributed by atoms with Gasteiger partial charge in [-0.2, -0.15) is 4.72 Å². The summed E-state index contributed by atoms with van der Waals surface area (Å²) in [4.78, 5) is 23.3. The average Bonchev–Trinajstić information content (AvgIpc) is 2.74. The van der Waals surface area contributed by atoms with E-state index in [1.807, 2.05) is 6.07 Å². The first kappa shape index (κ1) is 21.2. The summed E-state index contributed by atoms with van der Waals surface area (Å²) < 4.78 is 27.9. The third-order valence-electron chi connectivity index (χ3n) is 4.27. The smallest absolute Gasteiger partial charge is 0.271 e. The van der Waals surface area contributed by atoms with Crippen LogP contribution in [0.1, 0.15) is 5.56 Å². The Hall–Kier alpha value is -3.56. The number of sulfonamides is 1. The van der Waals surface area contributed by atoms with Crippen LogP contribution in [0.4, 0.5) is 11.4 Å². The van der Waals surface area contributed by atoms with E-state index >= 15 is 0 Å². The second kappa shape index (κ2) is 9.29. The van der Waals surface area contributed by atoms with E-state index in [-0.39, 0.29) is 22.7 Å². The number of carbonyl (C=O) groups is 1. The zero-order valence-corrected chi connectivity index (χ0v) is 16.6. The Morgan fingerprint density at radius 1 is 0.933 bits per heavy atom. The Balaban J connectivity index is 1.86. The average molecular weight is 425 g/mol. The molecule has 0 aromatic heterocycles. The molecule has 0 radical (unpaired) electrons. The second-order valence-electron chi connectivity index (χ2n) is 6.47. The van der Waals surface area contributed by atoms with Crippen LogP contribution in [0, 0.1) is 10.1 Å². The number of carbonyl (C=O) groups excluding carboxylic acids is 1. The van der Waals surface area contributed by atoms with Crippen LogP contribution in [0.25, 0.3) is 0 Å². The maximum Gasteiger partial charge on any atom is 0.271 e. The molecule has 0 saturated heterocycles. The van der Waals surface area contributed by atoms with Crippen LogP contribution in [0.2, 0.25) is 0 Å². The molecule has 0 spiro atoms. The Morgan fingerprint density at radius 2 is 1.57 bits per heavy atom. The number of nitrogens with zero attached hydrogens (tertiary/aromatic N) is 1. The van der Waals surface area contributed by atoms with Gasteiger partial charge in [-0.25, -0.2) is 8.42 Å². The van der Waals surface area contributed by atoms with Crippen molar-refractivity contribution in [2.24, 2.45) is 0 Å². The number of benzene rings is 3. The van der Waals surface area contributed by atoms with Gasteiger partial charge in [-0.3, -0.25) is 14.9 Å². The van der Waals surface area contributed by atoms with Gasteiger partial charge in [-0.05, 0) is 30.2 Å². The van der Waals surface area contributed by atoms with Crippen molar-refractivity contribution in [2.75, 3.05) is 5.32 Å². The van der Waals surface area contributed by atoms with Crippen LogP contribution >= 0.6 is 0 Å². The van der Waals surface area contributed by atoms with Gasteiger partial charge in [0.25, 0.3) is 5.69 Å². The molecule has 0 saturated carbocycles. The van der Waals surface area contributed by atoms with Crippen LogP contribution < -0.4 is 10.0 Å². The van der Waals surface area contributed by atoms with Gasteiger partial charge >= 0.3 is 0 Å². The summed E-state index contributed by atoms with van der Waals surface area (Å²) in [5.74, 6) is -0.626. The molecule has 0 aliphatic rings. The first-order valence-electron chi connectivity index (χ1n) is 9.02. The van der Waals surface area contributed by atoms with Crippen molar-refractivity contribution in [2.45, 2.75) is 17.4 Å². The largest absolute Gasteiger partial charge is 0.324 e. The van der Waals surface area contributed by atoms with Crippen LogP contribution in [0.3, 0.4) is 0 Å². The first-order valence-corrected chi connectivity index (χ1v) is 10.5. The SMILES string of the molecule is O=C(Nc1cccc([N+](=O)[O-])c1)[C@@H](Cc1ccccc1)NS(=O)(=O)c1ccccc1. The molecule has 30 heavy (non-hydrogen) atoms. The fourth-order valence-corrected chi connectivity index (χ4v) is 4.04. The van der Waals surface area contributed by atoms with Crippen LogP contribution in [-0.2, 0) is 21.2 Å². The first-order chi connectivity index (χ1) is 14.3. The molecule has 0 aliphatic carbocycles. The van der Waals surface area contributed by atoms with E-state index in [1.165, 1.54) is 36.4 Å². The van der Waals surface area contributed by atoms with Crippen molar-refractivity contribution in [3.63, 3.8) is 0 Å². The predicted molar refractivity (Wildman–Crippen MR) is 112 cm³/mol. The van der Waals surface area contributed by atoms with Gasteiger partial charge in [-0.15, -0.1) is 0 Å². The van der Waals surface area contributed by atoms with E-state index < -0.39 is 26.9 Å². The molecule has 3 rings (SSSR count). The monoisotopic (exact) mass is 425 g/mol. The molecular formula is C21H19N3O5S. The van der Waals surface area contributed by atoms with Crippen LogP contribution in [0.15, 0.2) is 89.8 Å². The van der Waals surface area contributed by atoms with E-state index in [2.05, 4.69) is 10.0 Å². The van der Waals surface area contributed by atoms with Gasteiger partial charge in [-0.1, -0.05) is 54.6 Å². The lowest BCUT2D eigenvalue weighted by Gasteiger charge is -2.19. The molecular weight excluding hydrogens is 406 g/mol. The van der Waals surface area contributed by atoms with Gasteiger partial charge in [0.2, 0.25) is 15.9 Å². The van der Waals surface area contributed by atoms with E-state index in [4.69, 9.17) is 0 Å². The summed E-state index contributed by atoms with van der Waals surface area (Å²) in [6.07, 6.45) is 0.105.